The molecule has 0 fully saturated rings. The summed E-state index contributed by atoms with van der Waals surface area (Å²) in [5, 5.41) is 0. The number of benzene rings is 1. The van der Waals surface area contributed by atoms with Crippen molar-refractivity contribution in [2.45, 2.75) is 12.7 Å². The number of hydrogen-bond acceptors (Lipinski definition) is 3. The van der Waals surface area contributed by atoms with Gasteiger partial charge in [-0.2, -0.15) is 0 Å². The Labute approximate surface area is 114 Å². The van der Waals surface area contributed by atoms with Crippen LogP contribution in [0.2, 0.25) is 0 Å². The van der Waals surface area contributed by atoms with Crippen LogP contribution in [-0.4, -0.2) is 31.3 Å². The Morgan fingerprint density at radius 1 is 1.39 bits per heavy atom. The van der Waals surface area contributed by atoms with E-state index < -0.39 is 10.0 Å². The van der Waals surface area contributed by atoms with Gasteiger partial charge in [-0.25, -0.2) is 12.7 Å². The van der Waals surface area contributed by atoms with Gasteiger partial charge in [-0.1, -0.05) is 49.5 Å². The minimum atomic E-state index is -3.32. The van der Waals surface area contributed by atoms with Crippen LogP contribution in [-0.2, 0) is 15.8 Å². The Morgan fingerprint density at radius 2 is 1.94 bits per heavy atom. The minimum absolute atomic E-state index is 0.00556. The molecule has 0 spiro atoms. The second-order valence-corrected chi connectivity index (χ2v) is 6.87. The maximum Gasteiger partial charge on any atom is 0.218 e. The summed E-state index contributed by atoms with van der Waals surface area (Å²) in [6, 6.07) is 9.09. The molecule has 4 nitrogen and oxygen atoms in total. The molecule has 1 rings (SSSR count). The van der Waals surface area contributed by atoms with Gasteiger partial charge in [0.25, 0.3) is 0 Å². The number of nitrogens with two attached hydrogens (primary N) is 1. The Kier molecular flexibility index (Phi) is 5.25. The van der Waals surface area contributed by atoms with Crippen molar-refractivity contribution in [2.24, 2.45) is 11.7 Å². The van der Waals surface area contributed by atoms with Gasteiger partial charge in [-0.15, -0.1) is 0 Å². The second-order valence-electron chi connectivity index (χ2n) is 4.33. The van der Waals surface area contributed by atoms with Crippen LogP contribution in [0.4, 0.5) is 0 Å². The Morgan fingerprint density at radius 3 is 2.44 bits per heavy atom. The monoisotopic (exact) mass is 286 g/mol. The number of nitrogens with zero attached hydrogens (tertiary/aromatic N) is 1. The Hall–Kier alpha value is -0.980. The van der Waals surface area contributed by atoms with Crippen molar-refractivity contribution in [1.29, 1.82) is 0 Å². The molecule has 1 unspecified atom stereocenters. The number of thiocarbonyl (C=S) groups is 1. The van der Waals surface area contributed by atoms with Crippen molar-refractivity contribution in [3.63, 3.8) is 0 Å². The number of hydrogen-bond donors (Lipinski definition) is 1. The van der Waals surface area contributed by atoms with Crippen LogP contribution in [0.1, 0.15) is 12.5 Å². The van der Waals surface area contributed by atoms with E-state index in [0.29, 0.717) is 11.5 Å². The van der Waals surface area contributed by atoms with E-state index in [1.807, 2.05) is 25.1 Å². The molecule has 0 radical (unpaired) electrons. The van der Waals surface area contributed by atoms with E-state index in [-0.39, 0.29) is 11.7 Å². The molecule has 0 aliphatic heterocycles. The van der Waals surface area contributed by atoms with Gasteiger partial charge < -0.3 is 5.73 Å². The molecule has 0 aromatic heterocycles. The molecule has 1 atom stereocenters. The topological polar surface area (TPSA) is 63.4 Å². The van der Waals surface area contributed by atoms with Gasteiger partial charge in [0.15, 0.2) is 0 Å². The molecule has 6 heteroatoms. The number of rotatable bonds is 6. The van der Waals surface area contributed by atoms with Gasteiger partial charge in [0.2, 0.25) is 10.0 Å². The van der Waals surface area contributed by atoms with Gasteiger partial charge in [-0.05, 0) is 5.56 Å². The van der Waals surface area contributed by atoms with Crippen molar-refractivity contribution >= 4 is 27.2 Å². The molecule has 0 heterocycles. The summed E-state index contributed by atoms with van der Waals surface area (Å²) in [6.07, 6.45) is 0. The first-order valence-corrected chi connectivity index (χ1v) is 7.62. The van der Waals surface area contributed by atoms with Crippen LogP contribution in [0.15, 0.2) is 30.3 Å². The van der Waals surface area contributed by atoms with Crippen LogP contribution in [0.3, 0.4) is 0 Å². The van der Waals surface area contributed by atoms with Gasteiger partial charge in [0.05, 0.1) is 10.7 Å². The standard InChI is InChI=1S/C12H18N2O2S2/c1-10(12(13)17)8-14(2)18(15,16)9-11-6-4-3-5-7-11/h3-7,10H,8-9H2,1-2H3,(H2,13,17). The summed E-state index contributed by atoms with van der Waals surface area (Å²) in [5.74, 6) is -0.135. The van der Waals surface area contributed by atoms with Crippen LogP contribution >= 0.6 is 12.2 Å². The average molecular weight is 286 g/mol. The van der Waals surface area contributed by atoms with E-state index >= 15 is 0 Å². The third kappa shape index (κ3) is 4.36. The van der Waals surface area contributed by atoms with E-state index in [1.165, 1.54) is 4.31 Å². The zero-order chi connectivity index (χ0) is 13.8. The van der Waals surface area contributed by atoms with Crippen molar-refractivity contribution in [2.75, 3.05) is 13.6 Å². The quantitative estimate of drug-likeness (QED) is 0.802. The van der Waals surface area contributed by atoms with Gasteiger partial charge in [0.1, 0.15) is 0 Å². The molecule has 0 saturated carbocycles. The first-order chi connectivity index (χ1) is 8.33. The maximum absolute atomic E-state index is 12.1. The largest absolute Gasteiger partial charge is 0.393 e. The van der Waals surface area contributed by atoms with Crippen molar-refractivity contribution < 1.29 is 8.42 Å². The zero-order valence-electron chi connectivity index (χ0n) is 10.5. The minimum Gasteiger partial charge on any atom is -0.393 e. The summed E-state index contributed by atoms with van der Waals surface area (Å²) in [6.45, 7) is 2.13. The Balaban J connectivity index is 2.72. The van der Waals surface area contributed by atoms with Crippen molar-refractivity contribution in [1.82, 2.24) is 4.31 Å². The highest BCUT2D eigenvalue weighted by Gasteiger charge is 2.21. The normalized spacial score (nSPS) is 13.5. The molecule has 0 aliphatic carbocycles. The molecular formula is C12H18N2O2S2. The SMILES string of the molecule is CC(CN(C)S(=O)(=O)Cc1ccccc1)C(N)=S. The lowest BCUT2D eigenvalue weighted by molar-refractivity contribution is 0.444. The summed E-state index contributed by atoms with van der Waals surface area (Å²) >= 11 is 4.85. The highest BCUT2D eigenvalue weighted by atomic mass is 32.2. The van der Waals surface area contributed by atoms with Crippen LogP contribution in [0.25, 0.3) is 0 Å². The Bertz CT molecular complexity index is 500. The molecule has 1 aromatic rings. The van der Waals surface area contributed by atoms with E-state index in [9.17, 15) is 8.42 Å². The van der Waals surface area contributed by atoms with Crippen LogP contribution < -0.4 is 5.73 Å². The number of sulfonamides is 1. The third-order valence-electron chi connectivity index (χ3n) is 2.68. The van der Waals surface area contributed by atoms with E-state index in [2.05, 4.69) is 0 Å². The summed E-state index contributed by atoms with van der Waals surface area (Å²) < 4.78 is 25.5. The third-order valence-corrected chi connectivity index (χ3v) is 4.88. The zero-order valence-corrected chi connectivity index (χ0v) is 12.2. The molecule has 2 N–H and O–H groups in total. The molecule has 0 amide bonds. The molecule has 100 valence electrons. The lowest BCUT2D eigenvalue weighted by atomic mass is 10.2. The van der Waals surface area contributed by atoms with E-state index in [1.54, 1.807) is 19.2 Å². The average Bonchev–Trinajstić information content (AvgIpc) is 2.29. The predicted molar refractivity (Wildman–Crippen MR) is 77.6 cm³/mol. The van der Waals surface area contributed by atoms with Crippen LogP contribution in [0, 0.1) is 5.92 Å². The van der Waals surface area contributed by atoms with Gasteiger partial charge in [0, 0.05) is 19.5 Å². The summed E-state index contributed by atoms with van der Waals surface area (Å²) in [7, 11) is -1.78. The summed E-state index contributed by atoms with van der Waals surface area (Å²) in [5.41, 5.74) is 6.26. The smallest absolute Gasteiger partial charge is 0.218 e. The van der Waals surface area contributed by atoms with Crippen molar-refractivity contribution in [3.8, 4) is 0 Å². The van der Waals surface area contributed by atoms with Crippen LogP contribution in [0.5, 0.6) is 0 Å². The van der Waals surface area contributed by atoms with Crippen molar-refractivity contribution in [3.05, 3.63) is 35.9 Å². The van der Waals surface area contributed by atoms with Gasteiger partial charge in [-0.3, -0.25) is 0 Å². The predicted octanol–water partition coefficient (Wildman–Crippen LogP) is 1.37. The summed E-state index contributed by atoms with van der Waals surface area (Å²) in [4.78, 5) is 0.330. The molecule has 0 bridgehead atoms. The fourth-order valence-electron chi connectivity index (χ4n) is 1.48. The van der Waals surface area contributed by atoms with E-state index in [0.717, 1.165) is 5.56 Å². The fourth-order valence-corrected chi connectivity index (χ4v) is 2.84. The second kappa shape index (κ2) is 6.26. The molecule has 1 aromatic carbocycles. The highest BCUT2D eigenvalue weighted by Crippen LogP contribution is 2.11. The lowest BCUT2D eigenvalue weighted by Crippen LogP contribution is -2.36. The first-order valence-electron chi connectivity index (χ1n) is 5.60. The fraction of sp³-hybridized carbons (Fsp3) is 0.417. The molecule has 0 aliphatic rings. The molecular weight excluding hydrogens is 268 g/mol. The maximum atomic E-state index is 12.1. The van der Waals surface area contributed by atoms with Gasteiger partial charge >= 0.3 is 0 Å². The van der Waals surface area contributed by atoms with E-state index in [4.69, 9.17) is 18.0 Å². The lowest BCUT2D eigenvalue weighted by Gasteiger charge is -2.20. The highest BCUT2D eigenvalue weighted by molar-refractivity contribution is 7.88. The molecule has 18 heavy (non-hydrogen) atoms. The first kappa shape index (κ1) is 15.1. The molecule has 0 saturated heterocycles.